The Balaban J connectivity index is 2.50. The minimum atomic E-state index is -0.399. The molecule has 0 saturated carbocycles. The molecule has 1 amide bonds. The van der Waals surface area contributed by atoms with Crippen LogP contribution in [0.2, 0.25) is 0 Å². The lowest BCUT2D eigenvalue weighted by molar-refractivity contribution is 0.218. The highest BCUT2D eigenvalue weighted by Gasteiger charge is 2.13. The fourth-order valence-corrected chi connectivity index (χ4v) is 2.02. The Morgan fingerprint density at radius 1 is 1.77 bits per heavy atom. The standard InChI is InChI=1S/C9H12ClNOS/c1-7(11(2)9(10)12)6-8-4-3-5-13-8/h3-5,7H,6H2,1-2H3. The van der Waals surface area contributed by atoms with Crippen molar-refractivity contribution in [1.29, 1.82) is 0 Å². The van der Waals surface area contributed by atoms with E-state index >= 15 is 0 Å². The predicted molar refractivity (Wildman–Crippen MR) is 56.5 cm³/mol. The van der Waals surface area contributed by atoms with Crippen LogP contribution in [0.25, 0.3) is 0 Å². The van der Waals surface area contributed by atoms with Crippen LogP contribution in [0.1, 0.15) is 11.8 Å². The fourth-order valence-electron chi connectivity index (χ4n) is 1.03. The van der Waals surface area contributed by atoms with Gasteiger partial charge in [-0.05, 0) is 30.0 Å². The number of halogens is 1. The molecule has 0 N–H and O–H groups in total. The van der Waals surface area contributed by atoms with Crippen LogP contribution in [-0.4, -0.2) is 23.4 Å². The molecule has 2 nitrogen and oxygen atoms in total. The summed E-state index contributed by atoms with van der Waals surface area (Å²) >= 11 is 7.05. The Kier molecular flexibility index (Phi) is 3.75. The fraction of sp³-hybridized carbons (Fsp3) is 0.444. The summed E-state index contributed by atoms with van der Waals surface area (Å²) in [5.74, 6) is 0. The highest BCUT2D eigenvalue weighted by Crippen LogP contribution is 2.14. The summed E-state index contributed by atoms with van der Waals surface area (Å²) in [6.45, 7) is 1.99. The molecule has 1 aromatic rings. The van der Waals surface area contributed by atoms with Crippen molar-refractivity contribution in [3.63, 3.8) is 0 Å². The molecule has 1 heterocycles. The van der Waals surface area contributed by atoms with Gasteiger partial charge < -0.3 is 4.90 Å². The summed E-state index contributed by atoms with van der Waals surface area (Å²) in [5.41, 5.74) is 0. The van der Waals surface area contributed by atoms with Crippen molar-refractivity contribution >= 4 is 28.3 Å². The van der Waals surface area contributed by atoms with E-state index in [2.05, 4.69) is 6.07 Å². The topological polar surface area (TPSA) is 20.3 Å². The molecule has 0 radical (unpaired) electrons. The molecule has 72 valence electrons. The van der Waals surface area contributed by atoms with Gasteiger partial charge in [-0.15, -0.1) is 11.3 Å². The van der Waals surface area contributed by atoms with Gasteiger partial charge in [0.15, 0.2) is 0 Å². The van der Waals surface area contributed by atoms with Gasteiger partial charge in [-0.1, -0.05) is 6.07 Å². The maximum Gasteiger partial charge on any atom is 0.316 e. The van der Waals surface area contributed by atoms with Crippen molar-refractivity contribution in [2.24, 2.45) is 0 Å². The second-order valence-corrected chi connectivity index (χ2v) is 4.35. The lowest BCUT2D eigenvalue weighted by Crippen LogP contribution is -2.32. The SMILES string of the molecule is CC(Cc1cccs1)N(C)C(=O)Cl. The van der Waals surface area contributed by atoms with E-state index in [4.69, 9.17) is 11.6 Å². The minimum absolute atomic E-state index is 0.156. The molecule has 0 aliphatic carbocycles. The molecule has 0 bridgehead atoms. The van der Waals surface area contributed by atoms with E-state index in [0.717, 1.165) is 6.42 Å². The average Bonchev–Trinajstić information content (AvgIpc) is 2.55. The van der Waals surface area contributed by atoms with E-state index in [9.17, 15) is 4.79 Å². The van der Waals surface area contributed by atoms with Crippen LogP contribution in [0.3, 0.4) is 0 Å². The Hall–Kier alpha value is -0.540. The van der Waals surface area contributed by atoms with Crippen LogP contribution in [0.4, 0.5) is 4.79 Å². The average molecular weight is 218 g/mol. The molecule has 0 spiro atoms. The van der Waals surface area contributed by atoms with Crippen molar-refractivity contribution < 1.29 is 4.79 Å². The summed E-state index contributed by atoms with van der Waals surface area (Å²) in [6.07, 6.45) is 0.868. The van der Waals surface area contributed by atoms with E-state index in [1.165, 1.54) is 4.88 Å². The number of hydrogen-bond acceptors (Lipinski definition) is 2. The summed E-state index contributed by atoms with van der Waals surface area (Å²) in [4.78, 5) is 13.6. The van der Waals surface area contributed by atoms with Crippen LogP contribution >= 0.6 is 22.9 Å². The third kappa shape index (κ3) is 3.01. The summed E-state index contributed by atoms with van der Waals surface area (Å²) in [6, 6.07) is 4.23. The number of carbonyl (C=O) groups is 1. The van der Waals surface area contributed by atoms with Crippen LogP contribution in [0, 0.1) is 0 Å². The van der Waals surface area contributed by atoms with E-state index in [1.807, 2.05) is 18.4 Å². The zero-order valence-corrected chi connectivity index (χ0v) is 9.23. The lowest BCUT2D eigenvalue weighted by atomic mass is 10.2. The van der Waals surface area contributed by atoms with Gasteiger partial charge in [0.1, 0.15) is 0 Å². The number of amides is 1. The van der Waals surface area contributed by atoms with Gasteiger partial charge in [0.25, 0.3) is 0 Å². The highest BCUT2D eigenvalue weighted by atomic mass is 35.5. The molecular weight excluding hydrogens is 206 g/mol. The van der Waals surface area contributed by atoms with Crippen LogP contribution in [0.5, 0.6) is 0 Å². The Bertz CT molecular complexity index is 273. The first kappa shape index (κ1) is 10.5. The molecule has 0 aliphatic heterocycles. The monoisotopic (exact) mass is 217 g/mol. The molecule has 1 aromatic heterocycles. The van der Waals surface area contributed by atoms with Crippen molar-refractivity contribution in [3.8, 4) is 0 Å². The molecule has 0 saturated heterocycles. The van der Waals surface area contributed by atoms with Gasteiger partial charge in [-0.25, -0.2) is 0 Å². The molecular formula is C9H12ClNOS. The number of hydrogen-bond donors (Lipinski definition) is 0. The third-order valence-electron chi connectivity index (χ3n) is 2.02. The second-order valence-electron chi connectivity index (χ2n) is 3.00. The highest BCUT2D eigenvalue weighted by molar-refractivity contribution is 7.09. The smallest absolute Gasteiger partial charge is 0.316 e. The number of thiophene rings is 1. The van der Waals surface area contributed by atoms with E-state index in [-0.39, 0.29) is 6.04 Å². The first-order chi connectivity index (χ1) is 6.11. The van der Waals surface area contributed by atoms with Gasteiger partial charge in [0.2, 0.25) is 0 Å². The summed E-state index contributed by atoms with van der Waals surface area (Å²) < 4.78 is 0. The molecule has 1 unspecified atom stereocenters. The summed E-state index contributed by atoms with van der Waals surface area (Å²) in [5, 5.41) is 1.63. The first-order valence-corrected chi connectivity index (χ1v) is 5.31. The maximum absolute atomic E-state index is 10.8. The molecule has 13 heavy (non-hydrogen) atoms. The Morgan fingerprint density at radius 3 is 2.92 bits per heavy atom. The molecule has 4 heteroatoms. The largest absolute Gasteiger partial charge is 0.329 e. The van der Waals surface area contributed by atoms with Gasteiger partial charge in [-0.2, -0.15) is 0 Å². The molecule has 1 atom stereocenters. The van der Waals surface area contributed by atoms with Crippen molar-refractivity contribution in [2.45, 2.75) is 19.4 Å². The molecule has 0 aromatic carbocycles. The lowest BCUT2D eigenvalue weighted by Gasteiger charge is -2.21. The Morgan fingerprint density at radius 2 is 2.46 bits per heavy atom. The molecule has 1 rings (SSSR count). The first-order valence-electron chi connectivity index (χ1n) is 4.06. The number of nitrogens with zero attached hydrogens (tertiary/aromatic N) is 1. The zero-order chi connectivity index (χ0) is 9.84. The third-order valence-corrected chi connectivity index (χ3v) is 3.18. The van der Waals surface area contributed by atoms with Gasteiger partial charge in [0, 0.05) is 24.4 Å². The predicted octanol–water partition coefficient (Wildman–Crippen LogP) is 2.97. The van der Waals surface area contributed by atoms with Gasteiger partial charge in [-0.3, -0.25) is 4.79 Å². The van der Waals surface area contributed by atoms with Gasteiger partial charge >= 0.3 is 5.37 Å². The number of likely N-dealkylation sites (N-methyl/N-ethyl adjacent to an activating group) is 1. The normalized spacial score (nSPS) is 12.5. The van der Waals surface area contributed by atoms with Crippen molar-refractivity contribution in [1.82, 2.24) is 4.90 Å². The van der Waals surface area contributed by atoms with Crippen LogP contribution in [0.15, 0.2) is 17.5 Å². The van der Waals surface area contributed by atoms with E-state index < -0.39 is 5.37 Å². The summed E-state index contributed by atoms with van der Waals surface area (Å²) in [7, 11) is 1.72. The quantitative estimate of drug-likeness (QED) is 0.563. The second kappa shape index (κ2) is 4.63. The number of rotatable bonds is 3. The van der Waals surface area contributed by atoms with Gasteiger partial charge in [0.05, 0.1) is 0 Å². The van der Waals surface area contributed by atoms with Crippen molar-refractivity contribution in [3.05, 3.63) is 22.4 Å². The molecule has 0 aliphatic rings. The number of carbonyl (C=O) groups excluding carboxylic acids is 1. The van der Waals surface area contributed by atoms with Crippen LogP contribution in [-0.2, 0) is 6.42 Å². The molecule has 0 fully saturated rings. The van der Waals surface area contributed by atoms with E-state index in [0.29, 0.717) is 0 Å². The van der Waals surface area contributed by atoms with Crippen molar-refractivity contribution in [2.75, 3.05) is 7.05 Å². The maximum atomic E-state index is 10.8. The minimum Gasteiger partial charge on any atom is -0.329 e. The van der Waals surface area contributed by atoms with E-state index in [1.54, 1.807) is 23.3 Å². The van der Waals surface area contributed by atoms with Crippen LogP contribution < -0.4 is 0 Å². The zero-order valence-electron chi connectivity index (χ0n) is 7.66. The Labute approximate surface area is 87.1 Å².